The molecule has 3 rings (SSSR count). The van der Waals surface area contributed by atoms with Crippen molar-refractivity contribution in [2.24, 2.45) is 0 Å². The van der Waals surface area contributed by atoms with E-state index in [4.69, 9.17) is 9.15 Å². The van der Waals surface area contributed by atoms with Gasteiger partial charge in [-0.05, 0) is 36.8 Å². The molecule has 0 aliphatic carbocycles. The average molecular weight is 448 g/mol. The van der Waals surface area contributed by atoms with Crippen LogP contribution in [-0.4, -0.2) is 48.4 Å². The van der Waals surface area contributed by atoms with E-state index in [-0.39, 0.29) is 4.90 Å². The summed E-state index contributed by atoms with van der Waals surface area (Å²) in [6.07, 6.45) is 0.828. The number of sulfonamides is 1. The Kier molecular flexibility index (Phi) is 7.89. The molecule has 0 N–H and O–H groups in total. The number of thioether (sulfide) groups is 1. The fourth-order valence-corrected chi connectivity index (χ4v) is 4.99. The molecule has 0 saturated carbocycles. The Balaban J connectivity index is 1.58. The molecular formula is C21H25N3O4S2. The molecule has 3 aromatic rings. The topological polar surface area (TPSA) is 85.5 Å². The minimum atomic E-state index is -3.54. The molecule has 0 spiro atoms. The van der Waals surface area contributed by atoms with E-state index in [1.54, 1.807) is 24.3 Å². The van der Waals surface area contributed by atoms with Gasteiger partial charge in [0.2, 0.25) is 15.9 Å². The molecule has 0 aliphatic rings. The Labute approximate surface area is 181 Å². The zero-order valence-electron chi connectivity index (χ0n) is 17.0. The van der Waals surface area contributed by atoms with Crippen molar-refractivity contribution < 1.29 is 17.6 Å². The quantitative estimate of drug-likeness (QED) is 0.319. The number of hydrogen-bond donors (Lipinski definition) is 0. The second kappa shape index (κ2) is 10.6. The van der Waals surface area contributed by atoms with Crippen LogP contribution in [-0.2, 0) is 10.0 Å². The van der Waals surface area contributed by atoms with Gasteiger partial charge in [-0.2, -0.15) is 4.31 Å². The molecule has 0 unspecified atom stereocenters. The van der Waals surface area contributed by atoms with Gasteiger partial charge in [0.15, 0.2) is 0 Å². The first-order valence-electron chi connectivity index (χ1n) is 9.79. The maximum Gasteiger partial charge on any atom is 0.276 e. The van der Waals surface area contributed by atoms with Gasteiger partial charge in [0, 0.05) is 24.4 Å². The lowest BCUT2D eigenvalue weighted by Gasteiger charge is -2.18. The van der Waals surface area contributed by atoms with Crippen molar-refractivity contribution in [3.05, 3.63) is 54.6 Å². The summed E-state index contributed by atoms with van der Waals surface area (Å²) in [6.45, 7) is 5.06. The number of rotatable bonds is 11. The lowest BCUT2D eigenvalue weighted by Crippen LogP contribution is -2.30. The van der Waals surface area contributed by atoms with E-state index < -0.39 is 10.0 Å². The van der Waals surface area contributed by atoms with Crippen LogP contribution < -0.4 is 4.74 Å². The number of hydrogen-bond acceptors (Lipinski definition) is 7. The van der Waals surface area contributed by atoms with Gasteiger partial charge < -0.3 is 9.15 Å². The first-order valence-corrected chi connectivity index (χ1v) is 12.2. The van der Waals surface area contributed by atoms with Gasteiger partial charge >= 0.3 is 0 Å². The molecule has 1 heterocycles. The first-order chi connectivity index (χ1) is 14.5. The molecule has 7 nitrogen and oxygen atoms in total. The summed E-state index contributed by atoms with van der Waals surface area (Å²) >= 11 is 1.45. The van der Waals surface area contributed by atoms with Crippen LogP contribution in [0.4, 0.5) is 0 Å². The molecule has 0 fully saturated rings. The van der Waals surface area contributed by atoms with Crippen LogP contribution >= 0.6 is 11.8 Å². The predicted octanol–water partition coefficient (Wildman–Crippen LogP) is 4.33. The number of nitrogens with zero attached hydrogens (tertiary/aromatic N) is 3. The summed E-state index contributed by atoms with van der Waals surface area (Å²) in [4.78, 5) is 0.217. The molecule has 0 aliphatic heterocycles. The number of ether oxygens (including phenoxy) is 1. The summed E-state index contributed by atoms with van der Waals surface area (Å²) in [7, 11) is -3.54. The molecule has 1 aromatic heterocycles. The molecule has 0 bridgehead atoms. The van der Waals surface area contributed by atoms with Crippen LogP contribution in [0.5, 0.6) is 5.75 Å². The highest BCUT2D eigenvalue weighted by atomic mass is 32.2. The highest BCUT2D eigenvalue weighted by Crippen LogP contribution is 2.26. The molecule has 160 valence electrons. The molecule has 2 aromatic carbocycles. The molecule has 9 heteroatoms. The van der Waals surface area contributed by atoms with Crippen molar-refractivity contribution in [1.82, 2.24) is 14.5 Å². The molecule has 0 amide bonds. The van der Waals surface area contributed by atoms with Crippen molar-refractivity contribution in [3.63, 3.8) is 0 Å². The third-order valence-electron chi connectivity index (χ3n) is 4.36. The van der Waals surface area contributed by atoms with Gasteiger partial charge in [0.1, 0.15) is 5.75 Å². The highest BCUT2D eigenvalue weighted by Gasteiger charge is 2.22. The maximum atomic E-state index is 12.7. The molecule has 0 atom stereocenters. The minimum Gasteiger partial charge on any atom is -0.494 e. The summed E-state index contributed by atoms with van der Waals surface area (Å²) in [6, 6.07) is 16.3. The van der Waals surface area contributed by atoms with Crippen molar-refractivity contribution >= 4 is 21.8 Å². The largest absolute Gasteiger partial charge is 0.494 e. The van der Waals surface area contributed by atoms with Crippen LogP contribution in [0.25, 0.3) is 11.5 Å². The van der Waals surface area contributed by atoms with Crippen molar-refractivity contribution in [2.45, 2.75) is 30.4 Å². The van der Waals surface area contributed by atoms with Gasteiger partial charge in [-0.3, -0.25) is 0 Å². The first kappa shape index (κ1) is 22.3. The Morgan fingerprint density at radius 3 is 2.53 bits per heavy atom. The number of benzene rings is 2. The van der Waals surface area contributed by atoms with E-state index in [9.17, 15) is 8.42 Å². The normalized spacial score (nSPS) is 11.7. The fraction of sp³-hybridized carbons (Fsp3) is 0.333. The van der Waals surface area contributed by atoms with Crippen LogP contribution in [0.2, 0.25) is 0 Å². The van der Waals surface area contributed by atoms with E-state index in [0.717, 1.165) is 17.9 Å². The SMILES string of the molecule is CCN(CC)S(=O)(=O)c1cccc(-c2nnc(SCCCOc3ccccc3)o2)c1. The van der Waals surface area contributed by atoms with Gasteiger partial charge in [-0.1, -0.05) is 49.9 Å². The average Bonchev–Trinajstić information content (AvgIpc) is 3.24. The Bertz CT molecular complexity index is 1040. The zero-order chi connectivity index (χ0) is 21.4. The van der Waals surface area contributed by atoms with E-state index in [1.807, 2.05) is 44.2 Å². The minimum absolute atomic E-state index is 0.217. The Morgan fingerprint density at radius 1 is 1.03 bits per heavy atom. The molecular weight excluding hydrogens is 422 g/mol. The van der Waals surface area contributed by atoms with E-state index in [2.05, 4.69) is 10.2 Å². The molecule has 30 heavy (non-hydrogen) atoms. The van der Waals surface area contributed by atoms with Crippen molar-refractivity contribution in [1.29, 1.82) is 0 Å². The summed E-state index contributed by atoms with van der Waals surface area (Å²) in [5.41, 5.74) is 0.579. The van der Waals surface area contributed by atoms with Gasteiger partial charge in [-0.15, -0.1) is 10.2 Å². The standard InChI is InChI=1S/C21H25N3O4S2/c1-3-24(4-2)30(25,26)19-13-8-10-17(16-19)20-22-23-21(28-20)29-15-9-14-27-18-11-6-5-7-12-18/h5-8,10-13,16H,3-4,9,14-15H2,1-2H3. The third-order valence-corrected chi connectivity index (χ3v) is 7.31. The lowest BCUT2D eigenvalue weighted by atomic mass is 10.2. The number of para-hydroxylation sites is 1. The van der Waals surface area contributed by atoms with Crippen LogP contribution in [0, 0.1) is 0 Å². The summed E-state index contributed by atoms with van der Waals surface area (Å²) < 4.78 is 38.2. The van der Waals surface area contributed by atoms with Gasteiger partial charge in [0.05, 0.1) is 11.5 Å². The van der Waals surface area contributed by atoms with Crippen molar-refractivity contribution in [2.75, 3.05) is 25.4 Å². The summed E-state index contributed by atoms with van der Waals surface area (Å²) in [5.74, 6) is 1.92. The Hall–Kier alpha value is -2.36. The van der Waals surface area contributed by atoms with Crippen LogP contribution in [0.1, 0.15) is 20.3 Å². The maximum absolute atomic E-state index is 12.7. The smallest absolute Gasteiger partial charge is 0.276 e. The second-order valence-corrected chi connectivity index (χ2v) is 9.34. The zero-order valence-corrected chi connectivity index (χ0v) is 18.7. The number of aromatic nitrogens is 2. The predicted molar refractivity (Wildman–Crippen MR) is 117 cm³/mol. The van der Waals surface area contributed by atoms with Gasteiger partial charge in [0.25, 0.3) is 5.22 Å². The monoisotopic (exact) mass is 447 g/mol. The van der Waals surface area contributed by atoms with E-state index >= 15 is 0 Å². The fourth-order valence-electron chi connectivity index (χ4n) is 2.81. The van der Waals surface area contributed by atoms with Crippen LogP contribution in [0.15, 0.2) is 69.1 Å². The Morgan fingerprint density at radius 2 is 1.80 bits per heavy atom. The van der Waals surface area contributed by atoms with E-state index in [1.165, 1.54) is 16.1 Å². The third kappa shape index (κ3) is 5.62. The summed E-state index contributed by atoms with van der Waals surface area (Å²) in [5, 5.41) is 8.56. The van der Waals surface area contributed by atoms with Crippen molar-refractivity contribution in [3.8, 4) is 17.2 Å². The molecule has 0 radical (unpaired) electrons. The lowest BCUT2D eigenvalue weighted by molar-refractivity contribution is 0.318. The molecule has 0 saturated heterocycles. The van der Waals surface area contributed by atoms with E-state index in [0.29, 0.717) is 36.4 Å². The van der Waals surface area contributed by atoms with Gasteiger partial charge in [-0.25, -0.2) is 8.42 Å². The van der Waals surface area contributed by atoms with Crippen LogP contribution in [0.3, 0.4) is 0 Å². The second-order valence-electron chi connectivity index (χ2n) is 6.35. The highest BCUT2D eigenvalue weighted by molar-refractivity contribution is 7.99.